The number of rotatable bonds is 16. The number of hydrogen-bond acceptors (Lipinski definition) is 4. The third-order valence-corrected chi connectivity index (χ3v) is 17.1. The number of hydrogen-bond donors (Lipinski definition) is 0. The number of carbonyl (C=O) groups is 4. The van der Waals surface area contributed by atoms with Crippen LogP contribution in [0.3, 0.4) is 0 Å². The molecular formula is C86H62O4. The van der Waals surface area contributed by atoms with Crippen LogP contribution in [0.2, 0.25) is 0 Å². The van der Waals surface area contributed by atoms with Gasteiger partial charge in [-0.1, -0.05) is 326 Å². The maximum absolute atomic E-state index is 14.0. The summed E-state index contributed by atoms with van der Waals surface area (Å²) in [5.41, 5.74) is 24.8. The zero-order valence-electron chi connectivity index (χ0n) is 50.5. The Kier molecular flexibility index (Phi) is 16.1. The fourth-order valence-electron chi connectivity index (χ4n) is 12.1. The van der Waals surface area contributed by atoms with Gasteiger partial charge in [-0.15, -0.1) is 0 Å². The van der Waals surface area contributed by atoms with E-state index in [1.165, 1.54) is 0 Å². The van der Waals surface area contributed by atoms with E-state index < -0.39 is 0 Å². The second-order valence-corrected chi connectivity index (χ2v) is 23.2. The highest BCUT2D eigenvalue weighted by atomic mass is 16.1. The van der Waals surface area contributed by atoms with Crippen molar-refractivity contribution in [3.05, 3.63) is 370 Å². The highest BCUT2D eigenvalue weighted by molar-refractivity contribution is 6.13. The molecule has 0 unspecified atom stereocenters. The van der Waals surface area contributed by atoms with Gasteiger partial charge in [0.2, 0.25) is 0 Å². The summed E-state index contributed by atoms with van der Waals surface area (Å²) in [6.07, 6.45) is 0. The Balaban J connectivity index is 1.00. The van der Waals surface area contributed by atoms with Crippen molar-refractivity contribution < 1.29 is 19.2 Å². The normalized spacial score (nSPS) is 11.1. The van der Waals surface area contributed by atoms with Crippen LogP contribution >= 0.6 is 0 Å². The van der Waals surface area contributed by atoms with Crippen LogP contribution in [0.15, 0.2) is 303 Å². The number of aryl methyl sites for hydroxylation is 4. The molecule has 0 amide bonds. The maximum Gasteiger partial charge on any atom is 0.193 e. The molecule has 0 aliphatic rings. The minimum atomic E-state index is -0.0510. The zero-order valence-corrected chi connectivity index (χ0v) is 50.5. The number of carbonyl (C=O) groups excluding carboxylic acids is 4. The van der Waals surface area contributed by atoms with E-state index in [1.54, 1.807) is 0 Å². The first-order valence-electron chi connectivity index (χ1n) is 30.4. The topological polar surface area (TPSA) is 68.3 Å². The fraction of sp³-hybridized carbons (Fsp3) is 0.0465. The van der Waals surface area contributed by atoms with E-state index in [1.807, 2.05) is 222 Å². The smallest absolute Gasteiger partial charge is 0.193 e. The lowest BCUT2D eigenvalue weighted by Gasteiger charge is -2.23. The quantitative estimate of drug-likeness (QED) is 0.0904. The van der Waals surface area contributed by atoms with Crippen molar-refractivity contribution in [2.24, 2.45) is 0 Å². The fourth-order valence-corrected chi connectivity index (χ4v) is 12.1. The third kappa shape index (κ3) is 11.8. The Labute approximate surface area is 526 Å². The summed E-state index contributed by atoms with van der Waals surface area (Å²) in [6.45, 7) is 8.06. The van der Waals surface area contributed by atoms with Gasteiger partial charge in [0.15, 0.2) is 23.1 Å². The Hall–Kier alpha value is -11.5. The second kappa shape index (κ2) is 25.1. The third-order valence-electron chi connectivity index (χ3n) is 17.1. The van der Waals surface area contributed by atoms with Crippen LogP contribution in [0.5, 0.6) is 0 Å². The van der Waals surface area contributed by atoms with Crippen LogP contribution in [0, 0.1) is 27.7 Å². The molecule has 0 radical (unpaired) electrons. The Bertz CT molecular complexity index is 4800. The summed E-state index contributed by atoms with van der Waals surface area (Å²) in [5, 5.41) is 0. The predicted octanol–water partition coefficient (Wildman–Crippen LogP) is 21.2. The zero-order chi connectivity index (χ0) is 61.8. The van der Waals surface area contributed by atoms with Crippen LogP contribution in [-0.4, -0.2) is 23.1 Å². The molecule has 430 valence electrons. The van der Waals surface area contributed by atoms with Gasteiger partial charge in [0, 0.05) is 44.5 Å². The van der Waals surface area contributed by atoms with Crippen molar-refractivity contribution >= 4 is 23.1 Å². The minimum absolute atomic E-state index is 0.0404. The average Bonchev–Trinajstić information content (AvgIpc) is 0.918. The lowest BCUT2D eigenvalue weighted by molar-refractivity contribution is 0.103. The molecule has 0 spiro atoms. The standard InChI is InChI=1S/C86H62O4/c1-55-15-23-67(24-16-55)83(87)71-43-31-60(32-44-71)76-53-54-77(61-33-45-72(46-34-61)84(88)68-25-17-56(2)18-26-68)81(79(76)63-13-9-6-10-14-63)64-37-39-65(40-38-64)82-78(62-35-47-73(48-36-62)85(89)69-27-19-57(3)20-28-69)52-51-75(59-11-7-5-8-12-59)80(82)66-41-49-74(50-42-66)86(90)70-29-21-58(4)22-30-70/h5-54H,1-4H3. The van der Waals surface area contributed by atoms with Crippen LogP contribution < -0.4 is 0 Å². The Morgan fingerprint density at radius 2 is 0.322 bits per heavy atom. The van der Waals surface area contributed by atoms with Crippen LogP contribution in [0.1, 0.15) is 85.9 Å². The van der Waals surface area contributed by atoms with E-state index in [0.29, 0.717) is 44.5 Å². The summed E-state index contributed by atoms with van der Waals surface area (Å²) in [4.78, 5) is 55.8. The van der Waals surface area contributed by atoms with Crippen LogP contribution in [0.4, 0.5) is 0 Å². The van der Waals surface area contributed by atoms with Crippen LogP contribution in [0.25, 0.3) is 89.0 Å². The van der Waals surface area contributed by atoms with Gasteiger partial charge in [-0.05, 0) is 117 Å². The molecule has 0 atom stereocenters. The monoisotopic (exact) mass is 1160 g/mol. The van der Waals surface area contributed by atoms with Gasteiger partial charge in [-0.25, -0.2) is 0 Å². The molecule has 0 aliphatic heterocycles. The molecule has 13 aromatic rings. The van der Waals surface area contributed by atoms with E-state index in [9.17, 15) is 19.2 Å². The first kappa shape index (κ1) is 57.6. The van der Waals surface area contributed by atoms with Gasteiger partial charge in [-0.3, -0.25) is 19.2 Å². The lowest BCUT2D eigenvalue weighted by atomic mass is 9.80. The molecule has 4 heteroatoms. The first-order valence-corrected chi connectivity index (χ1v) is 30.4. The van der Waals surface area contributed by atoms with Crippen molar-refractivity contribution in [3.8, 4) is 89.0 Å². The molecule has 13 aromatic carbocycles. The Morgan fingerprint density at radius 3 is 0.544 bits per heavy atom. The molecule has 0 heterocycles. The van der Waals surface area contributed by atoms with Crippen LogP contribution in [-0.2, 0) is 0 Å². The number of ketones is 4. The minimum Gasteiger partial charge on any atom is -0.289 e. The van der Waals surface area contributed by atoms with Crippen molar-refractivity contribution in [2.75, 3.05) is 0 Å². The molecule has 0 fully saturated rings. The van der Waals surface area contributed by atoms with Crippen molar-refractivity contribution in [1.29, 1.82) is 0 Å². The first-order chi connectivity index (χ1) is 43.9. The lowest BCUT2D eigenvalue weighted by Crippen LogP contribution is -2.02. The predicted molar refractivity (Wildman–Crippen MR) is 368 cm³/mol. The van der Waals surface area contributed by atoms with Crippen molar-refractivity contribution in [1.82, 2.24) is 0 Å². The van der Waals surface area contributed by atoms with Gasteiger partial charge in [-0.2, -0.15) is 0 Å². The van der Waals surface area contributed by atoms with E-state index >= 15 is 0 Å². The van der Waals surface area contributed by atoms with E-state index in [0.717, 1.165) is 111 Å². The molecule has 0 bridgehead atoms. The van der Waals surface area contributed by atoms with E-state index in [4.69, 9.17) is 0 Å². The van der Waals surface area contributed by atoms with Gasteiger partial charge >= 0.3 is 0 Å². The molecule has 0 aliphatic carbocycles. The summed E-state index contributed by atoms with van der Waals surface area (Å²) >= 11 is 0. The van der Waals surface area contributed by atoms with Gasteiger partial charge in [0.25, 0.3) is 0 Å². The number of benzene rings is 13. The van der Waals surface area contributed by atoms with Gasteiger partial charge in [0.1, 0.15) is 0 Å². The second-order valence-electron chi connectivity index (χ2n) is 23.2. The van der Waals surface area contributed by atoms with Crippen molar-refractivity contribution in [3.63, 3.8) is 0 Å². The highest BCUT2D eigenvalue weighted by Gasteiger charge is 2.24. The summed E-state index contributed by atoms with van der Waals surface area (Å²) < 4.78 is 0. The molecule has 90 heavy (non-hydrogen) atoms. The maximum atomic E-state index is 14.0. The average molecular weight is 1160 g/mol. The molecule has 0 aromatic heterocycles. The van der Waals surface area contributed by atoms with Gasteiger partial charge < -0.3 is 0 Å². The summed E-state index contributed by atoms with van der Waals surface area (Å²) in [7, 11) is 0. The van der Waals surface area contributed by atoms with E-state index in [2.05, 4.69) is 109 Å². The molecular weight excluding hydrogens is 1100 g/mol. The molecule has 13 rings (SSSR count). The molecule has 0 saturated carbocycles. The van der Waals surface area contributed by atoms with Crippen molar-refractivity contribution in [2.45, 2.75) is 27.7 Å². The largest absolute Gasteiger partial charge is 0.289 e. The van der Waals surface area contributed by atoms with E-state index in [-0.39, 0.29) is 23.1 Å². The summed E-state index contributed by atoms with van der Waals surface area (Å²) in [5.74, 6) is -0.186. The highest BCUT2D eigenvalue weighted by Crippen LogP contribution is 2.49. The molecule has 0 saturated heterocycles. The molecule has 4 nitrogen and oxygen atoms in total. The SMILES string of the molecule is Cc1ccc(C(=O)c2ccc(-c3ccc(-c4ccc(C(=O)c5ccc(C)cc5)cc4)c(-c4ccc(-c5c(-c6ccc(C(=O)c7ccc(C)cc7)cc6)ccc(-c6ccccc6)c5-c5ccc(C(=O)c6ccc(C)cc6)cc5)cc4)c3-c3ccccc3)cc2)cc1. The molecule has 0 N–H and O–H groups in total. The Morgan fingerprint density at radius 1 is 0.167 bits per heavy atom. The van der Waals surface area contributed by atoms with Gasteiger partial charge in [0.05, 0.1) is 0 Å². The summed E-state index contributed by atoms with van der Waals surface area (Å²) in [6, 6.07) is 101.